The highest BCUT2D eigenvalue weighted by Gasteiger charge is 2.22. The highest BCUT2D eigenvalue weighted by molar-refractivity contribution is 7.89. The van der Waals surface area contributed by atoms with E-state index in [0.717, 1.165) is 0 Å². The maximum Gasteiger partial charge on any atom is 0.243 e. The van der Waals surface area contributed by atoms with E-state index >= 15 is 0 Å². The Morgan fingerprint density at radius 3 is 2.26 bits per heavy atom. The van der Waals surface area contributed by atoms with Crippen LogP contribution in [0.3, 0.4) is 0 Å². The van der Waals surface area contributed by atoms with Crippen molar-refractivity contribution in [2.45, 2.75) is 4.90 Å². The van der Waals surface area contributed by atoms with Gasteiger partial charge in [-0.2, -0.15) is 4.31 Å². The summed E-state index contributed by atoms with van der Waals surface area (Å²) in [5, 5.41) is 0. The van der Waals surface area contributed by atoms with Crippen molar-refractivity contribution in [3.8, 4) is 11.5 Å². The third-order valence-electron chi connectivity index (χ3n) is 2.67. The SMILES string of the molecule is COCCN(C)S(=O)(=O)c1ccc(OC)c(OC)c1. The minimum atomic E-state index is -3.55. The van der Waals surface area contributed by atoms with Crippen LogP contribution in [0.4, 0.5) is 0 Å². The summed E-state index contributed by atoms with van der Waals surface area (Å²) in [5.41, 5.74) is 0. The van der Waals surface area contributed by atoms with Crippen molar-refractivity contribution in [3.05, 3.63) is 18.2 Å². The Kier molecular flexibility index (Phi) is 5.59. The third kappa shape index (κ3) is 3.59. The lowest BCUT2D eigenvalue weighted by Gasteiger charge is -2.17. The Morgan fingerprint density at radius 2 is 1.74 bits per heavy atom. The van der Waals surface area contributed by atoms with Crippen LogP contribution < -0.4 is 9.47 Å². The lowest BCUT2D eigenvalue weighted by molar-refractivity contribution is 0.185. The molecule has 1 aromatic rings. The van der Waals surface area contributed by atoms with Gasteiger partial charge in [0, 0.05) is 26.8 Å². The predicted molar refractivity (Wildman–Crippen MR) is 71.2 cm³/mol. The molecule has 1 rings (SSSR count). The van der Waals surface area contributed by atoms with Crippen LogP contribution in [0.1, 0.15) is 0 Å². The van der Waals surface area contributed by atoms with Crippen LogP contribution in [0.15, 0.2) is 23.1 Å². The van der Waals surface area contributed by atoms with Crippen molar-refractivity contribution >= 4 is 10.0 Å². The summed E-state index contributed by atoms with van der Waals surface area (Å²) in [7, 11) is 2.44. The fourth-order valence-corrected chi connectivity index (χ4v) is 2.67. The Labute approximate surface area is 113 Å². The van der Waals surface area contributed by atoms with Crippen molar-refractivity contribution in [2.75, 3.05) is 41.5 Å². The van der Waals surface area contributed by atoms with E-state index in [1.165, 1.54) is 44.8 Å². The molecule has 0 bridgehead atoms. The average molecular weight is 289 g/mol. The number of benzene rings is 1. The van der Waals surface area contributed by atoms with E-state index in [2.05, 4.69) is 0 Å². The molecule has 0 unspecified atom stereocenters. The van der Waals surface area contributed by atoms with Crippen LogP contribution in [0, 0.1) is 0 Å². The Bertz CT molecular complexity index is 515. The summed E-state index contributed by atoms with van der Waals surface area (Å²) < 4.78 is 40.8. The molecule has 1 aromatic carbocycles. The minimum Gasteiger partial charge on any atom is -0.493 e. The first kappa shape index (κ1) is 15.7. The van der Waals surface area contributed by atoms with Gasteiger partial charge in [-0.15, -0.1) is 0 Å². The first-order chi connectivity index (χ1) is 8.97. The Morgan fingerprint density at radius 1 is 1.11 bits per heavy atom. The molecule has 0 aliphatic heterocycles. The van der Waals surface area contributed by atoms with Gasteiger partial charge in [-0.05, 0) is 12.1 Å². The lowest BCUT2D eigenvalue weighted by atomic mass is 10.3. The van der Waals surface area contributed by atoms with Gasteiger partial charge in [0.25, 0.3) is 0 Å². The zero-order chi connectivity index (χ0) is 14.5. The minimum absolute atomic E-state index is 0.156. The second kappa shape index (κ2) is 6.74. The Hall–Kier alpha value is -1.31. The van der Waals surface area contributed by atoms with Crippen LogP contribution in [0.5, 0.6) is 11.5 Å². The molecule has 0 spiro atoms. The number of hydrogen-bond acceptors (Lipinski definition) is 5. The average Bonchev–Trinajstić information content (AvgIpc) is 2.43. The molecule has 0 aliphatic carbocycles. The summed E-state index contributed by atoms with van der Waals surface area (Å²) in [6, 6.07) is 4.49. The lowest BCUT2D eigenvalue weighted by Crippen LogP contribution is -2.30. The normalized spacial score (nSPS) is 11.6. The highest BCUT2D eigenvalue weighted by Crippen LogP contribution is 2.30. The maximum absolute atomic E-state index is 12.3. The molecule has 0 saturated carbocycles. The molecule has 19 heavy (non-hydrogen) atoms. The van der Waals surface area contributed by atoms with Gasteiger partial charge in [0.15, 0.2) is 11.5 Å². The molecule has 6 nitrogen and oxygen atoms in total. The quantitative estimate of drug-likeness (QED) is 0.748. The monoisotopic (exact) mass is 289 g/mol. The van der Waals surface area contributed by atoms with Crippen molar-refractivity contribution in [1.82, 2.24) is 4.31 Å². The van der Waals surface area contributed by atoms with Crippen LogP contribution in [-0.2, 0) is 14.8 Å². The van der Waals surface area contributed by atoms with E-state index in [1.807, 2.05) is 0 Å². The van der Waals surface area contributed by atoms with Gasteiger partial charge in [-0.25, -0.2) is 8.42 Å². The van der Waals surface area contributed by atoms with E-state index in [1.54, 1.807) is 6.07 Å². The van der Waals surface area contributed by atoms with Crippen molar-refractivity contribution in [1.29, 1.82) is 0 Å². The van der Waals surface area contributed by atoms with Crippen molar-refractivity contribution in [3.63, 3.8) is 0 Å². The van der Waals surface area contributed by atoms with Gasteiger partial charge in [0.05, 0.1) is 25.7 Å². The number of likely N-dealkylation sites (N-methyl/N-ethyl adjacent to an activating group) is 1. The number of hydrogen-bond donors (Lipinski definition) is 0. The number of sulfonamides is 1. The van der Waals surface area contributed by atoms with Crippen molar-refractivity contribution < 1.29 is 22.6 Å². The molecule has 0 N–H and O–H groups in total. The van der Waals surface area contributed by atoms with Gasteiger partial charge in [-0.3, -0.25) is 0 Å². The van der Waals surface area contributed by atoms with Crippen molar-refractivity contribution in [2.24, 2.45) is 0 Å². The highest BCUT2D eigenvalue weighted by atomic mass is 32.2. The number of rotatable bonds is 7. The molecular formula is C12H19NO5S. The molecule has 0 saturated heterocycles. The number of ether oxygens (including phenoxy) is 3. The fourth-order valence-electron chi connectivity index (χ4n) is 1.50. The summed E-state index contributed by atoms with van der Waals surface area (Å²) in [4.78, 5) is 0.156. The van der Waals surface area contributed by atoms with Gasteiger partial charge in [-0.1, -0.05) is 0 Å². The molecule has 108 valence electrons. The zero-order valence-corrected chi connectivity index (χ0v) is 12.4. The summed E-state index contributed by atoms with van der Waals surface area (Å²) in [6.07, 6.45) is 0. The summed E-state index contributed by atoms with van der Waals surface area (Å²) >= 11 is 0. The smallest absolute Gasteiger partial charge is 0.243 e. The molecule has 0 heterocycles. The molecule has 0 amide bonds. The molecule has 0 fully saturated rings. The summed E-state index contributed by atoms with van der Waals surface area (Å²) in [6.45, 7) is 0.621. The third-order valence-corrected chi connectivity index (χ3v) is 4.53. The van der Waals surface area contributed by atoms with Crippen LogP contribution in [-0.4, -0.2) is 54.3 Å². The standard InChI is InChI=1S/C12H19NO5S/c1-13(7-8-16-2)19(14,15)10-5-6-11(17-3)12(9-10)18-4/h5-6,9H,7-8H2,1-4H3. The van der Waals surface area contributed by atoms with Crippen LogP contribution >= 0.6 is 0 Å². The first-order valence-corrected chi connectivity index (χ1v) is 7.08. The zero-order valence-electron chi connectivity index (χ0n) is 11.5. The summed E-state index contributed by atoms with van der Waals surface area (Å²) in [5.74, 6) is 0.865. The second-order valence-corrected chi connectivity index (χ2v) is 5.88. The van der Waals surface area contributed by atoms with E-state index in [-0.39, 0.29) is 11.4 Å². The molecule has 0 radical (unpaired) electrons. The molecular weight excluding hydrogens is 270 g/mol. The predicted octanol–water partition coefficient (Wildman–Crippen LogP) is 0.971. The fraction of sp³-hybridized carbons (Fsp3) is 0.500. The van der Waals surface area contributed by atoms with E-state index < -0.39 is 10.0 Å². The van der Waals surface area contributed by atoms with Gasteiger partial charge >= 0.3 is 0 Å². The van der Waals surface area contributed by atoms with Crippen LogP contribution in [0.25, 0.3) is 0 Å². The molecule has 7 heteroatoms. The van der Waals surface area contributed by atoms with E-state index in [0.29, 0.717) is 18.1 Å². The van der Waals surface area contributed by atoms with Gasteiger partial charge in [0.2, 0.25) is 10.0 Å². The topological polar surface area (TPSA) is 65.1 Å². The van der Waals surface area contributed by atoms with E-state index in [4.69, 9.17) is 14.2 Å². The first-order valence-electron chi connectivity index (χ1n) is 5.64. The molecule has 0 aliphatic rings. The molecule has 0 atom stereocenters. The largest absolute Gasteiger partial charge is 0.493 e. The molecule has 0 aromatic heterocycles. The van der Waals surface area contributed by atoms with Gasteiger partial charge in [0.1, 0.15) is 0 Å². The maximum atomic E-state index is 12.3. The second-order valence-electron chi connectivity index (χ2n) is 3.84. The van der Waals surface area contributed by atoms with Crippen LogP contribution in [0.2, 0.25) is 0 Å². The Balaban J connectivity index is 3.08. The number of nitrogens with zero attached hydrogens (tertiary/aromatic N) is 1. The van der Waals surface area contributed by atoms with E-state index in [9.17, 15) is 8.42 Å². The number of methoxy groups -OCH3 is 3. The van der Waals surface area contributed by atoms with Gasteiger partial charge < -0.3 is 14.2 Å².